The molecule has 0 aliphatic heterocycles. The van der Waals surface area contributed by atoms with Crippen LogP contribution in [0.25, 0.3) is 0 Å². The predicted octanol–water partition coefficient (Wildman–Crippen LogP) is 4.05. The van der Waals surface area contributed by atoms with Gasteiger partial charge in [-0.2, -0.15) is 0 Å². The Kier molecular flexibility index (Phi) is 5.69. The number of nitrogens with zero attached hydrogens (tertiary/aromatic N) is 1. The molecular weight excluding hydrogens is 312 g/mol. The van der Waals surface area contributed by atoms with Crippen LogP contribution in [-0.4, -0.2) is 24.0 Å². The van der Waals surface area contributed by atoms with Crippen molar-refractivity contribution >= 4 is 5.91 Å². The zero-order valence-corrected chi connectivity index (χ0v) is 15.0. The third kappa shape index (κ3) is 4.81. The van der Waals surface area contributed by atoms with Gasteiger partial charge < -0.3 is 10.1 Å². The van der Waals surface area contributed by atoms with Gasteiger partial charge in [0.2, 0.25) is 0 Å². The summed E-state index contributed by atoms with van der Waals surface area (Å²) in [7, 11) is 1.67. The molecular formula is C21H26N2O2. The van der Waals surface area contributed by atoms with Crippen molar-refractivity contribution in [3.05, 3.63) is 58.9 Å². The SMILES string of the molecule is COc1ccc(Cc2cc(C)nc(C(=O)NC3CCCCC3)c2)cc1. The number of methoxy groups -OCH3 is 1. The third-order valence-electron chi connectivity index (χ3n) is 4.75. The van der Waals surface area contributed by atoms with Crippen molar-refractivity contribution in [2.24, 2.45) is 0 Å². The Labute approximate surface area is 149 Å². The fraction of sp³-hybridized carbons (Fsp3) is 0.429. The second-order valence-electron chi connectivity index (χ2n) is 6.84. The van der Waals surface area contributed by atoms with Crippen LogP contribution in [0.1, 0.15) is 59.4 Å². The van der Waals surface area contributed by atoms with Gasteiger partial charge in [0, 0.05) is 11.7 Å². The lowest BCUT2D eigenvalue weighted by atomic mass is 9.95. The fourth-order valence-corrected chi connectivity index (χ4v) is 3.44. The Hall–Kier alpha value is -2.36. The Bertz CT molecular complexity index is 719. The number of amides is 1. The number of hydrogen-bond donors (Lipinski definition) is 1. The molecule has 1 aliphatic rings. The van der Waals surface area contributed by atoms with E-state index in [9.17, 15) is 4.79 Å². The highest BCUT2D eigenvalue weighted by Gasteiger charge is 2.18. The van der Waals surface area contributed by atoms with Crippen LogP contribution < -0.4 is 10.1 Å². The molecule has 1 fully saturated rings. The summed E-state index contributed by atoms with van der Waals surface area (Å²) in [6.07, 6.45) is 6.62. The highest BCUT2D eigenvalue weighted by atomic mass is 16.5. The molecule has 4 heteroatoms. The van der Waals surface area contributed by atoms with Gasteiger partial charge in [-0.25, -0.2) is 4.98 Å². The largest absolute Gasteiger partial charge is 0.497 e. The summed E-state index contributed by atoms with van der Waals surface area (Å²) >= 11 is 0. The van der Waals surface area contributed by atoms with E-state index in [0.29, 0.717) is 11.7 Å². The first-order chi connectivity index (χ1) is 12.1. The van der Waals surface area contributed by atoms with Crippen molar-refractivity contribution in [2.75, 3.05) is 7.11 Å². The topological polar surface area (TPSA) is 51.2 Å². The quantitative estimate of drug-likeness (QED) is 0.895. The first-order valence-corrected chi connectivity index (χ1v) is 9.05. The molecule has 1 aromatic carbocycles. The standard InChI is InChI=1S/C21H26N2O2/c1-15-12-17(13-16-8-10-19(25-2)11-9-16)14-20(22-15)21(24)23-18-6-4-3-5-7-18/h8-12,14,18H,3-7,13H2,1-2H3,(H,23,24). The maximum atomic E-state index is 12.6. The van der Waals surface area contributed by atoms with E-state index in [1.165, 1.54) is 24.8 Å². The molecule has 1 aliphatic carbocycles. The van der Waals surface area contributed by atoms with Crippen LogP contribution in [-0.2, 0) is 6.42 Å². The minimum absolute atomic E-state index is 0.0495. The van der Waals surface area contributed by atoms with E-state index in [1.807, 2.05) is 31.2 Å². The number of rotatable bonds is 5. The van der Waals surface area contributed by atoms with Gasteiger partial charge in [-0.3, -0.25) is 4.79 Å². The summed E-state index contributed by atoms with van der Waals surface area (Å²) in [5, 5.41) is 3.15. The summed E-state index contributed by atoms with van der Waals surface area (Å²) < 4.78 is 5.20. The molecule has 0 bridgehead atoms. The van der Waals surface area contributed by atoms with Crippen LogP contribution in [0, 0.1) is 6.92 Å². The van der Waals surface area contributed by atoms with Crippen LogP contribution >= 0.6 is 0 Å². The number of carbonyl (C=O) groups excluding carboxylic acids is 1. The van der Waals surface area contributed by atoms with Crippen molar-refractivity contribution in [3.63, 3.8) is 0 Å². The zero-order valence-electron chi connectivity index (χ0n) is 15.0. The van der Waals surface area contributed by atoms with Gasteiger partial charge in [-0.05, 0) is 61.6 Å². The molecule has 0 atom stereocenters. The van der Waals surface area contributed by atoms with E-state index in [4.69, 9.17) is 4.74 Å². The first-order valence-electron chi connectivity index (χ1n) is 9.05. The lowest BCUT2D eigenvalue weighted by Gasteiger charge is -2.22. The van der Waals surface area contributed by atoms with E-state index in [0.717, 1.165) is 36.3 Å². The zero-order chi connectivity index (χ0) is 17.6. The minimum atomic E-state index is -0.0495. The number of aryl methyl sites for hydroxylation is 1. The Balaban J connectivity index is 1.71. The van der Waals surface area contributed by atoms with Crippen LogP contribution in [0.15, 0.2) is 36.4 Å². The minimum Gasteiger partial charge on any atom is -0.497 e. The van der Waals surface area contributed by atoms with Gasteiger partial charge in [0.05, 0.1) is 7.11 Å². The van der Waals surface area contributed by atoms with Gasteiger partial charge in [-0.15, -0.1) is 0 Å². The molecule has 0 unspecified atom stereocenters. The Morgan fingerprint density at radius 2 is 1.84 bits per heavy atom. The molecule has 1 amide bonds. The first kappa shape index (κ1) is 17.5. The summed E-state index contributed by atoms with van der Waals surface area (Å²) in [5.41, 5.74) is 3.69. The smallest absolute Gasteiger partial charge is 0.270 e. The van der Waals surface area contributed by atoms with E-state index in [2.05, 4.69) is 22.4 Å². The highest BCUT2D eigenvalue weighted by molar-refractivity contribution is 5.92. The highest BCUT2D eigenvalue weighted by Crippen LogP contribution is 2.19. The van der Waals surface area contributed by atoms with E-state index in [-0.39, 0.29) is 5.91 Å². The third-order valence-corrected chi connectivity index (χ3v) is 4.75. The number of ether oxygens (including phenoxy) is 1. The number of benzene rings is 1. The van der Waals surface area contributed by atoms with Crippen molar-refractivity contribution in [3.8, 4) is 5.75 Å². The van der Waals surface area contributed by atoms with Crippen LogP contribution in [0.2, 0.25) is 0 Å². The number of nitrogens with one attached hydrogen (secondary N) is 1. The van der Waals surface area contributed by atoms with Crippen molar-refractivity contribution in [2.45, 2.75) is 51.5 Å². The molecule has 2 aromatic rings. The van der Waals surface area contributed by atoms with Crippen molar-refractivity contribution < 1.29 is 9.53 Å². The maximum Gasteiger partial charge on any atom is 0.270 e. The van der Waals surface area contributed by atoms with Crippen LogP contribution in [0.5, 0.6) is 5.75 Å². The number of pyridine rings is 1. The lowest BCUT2D eigenvalue weighted by molar-refractivity contribution is 0.0922. The average Bonchev–Trinajstić information content (AvgIpc) is 2.63. The van der Waals surface area contributed by atoms with E-state index >= 15 is 0 Å². The Morgan fingerprint density at radius 1 is 1.12 bits per heavy atom. The normalized spacial score (nSPS) is 15.0. The van der Waals surface area contributed by atoms with Gasteiger partial charge in [0.25, 0.3) is 5.91 Å². The lowest BCUT2D eigenvalue weighted by Crippen LogP contribution is -2.36. The van der Waals surface area contributed by atoms with E-state index in [1.54, 1.807) is 7.11 Å². The molecule has 4 nitrogen and oxygen atoms in total. The van der Waals surface area contributed by atoms with Crippen LogP contribution in [0.3, 0.4) is 0 Å². The molecule has 1 aromatic heterocycles. The maximum absolute atomic E-state index is 12.6. The summed E-state index contributed by atoms with van der Waals surface area (Å²) in [6, 6.07) is 12.3. The molecule has 25 heavy (non-hydrogen) atoms. The average molecular weight is 338 g/mol. The second-order valence-corrected chi connectivity index (χ2v) is 6.84. The molecule has 1 N–H and O–H groups in total. The van der Waals surface area contributed by atoms with Gasteiger partial charge in [0.15, 0.2) is 0 Å². The number of aromatic nitrogens is 1. The van der Waals surface area contributed by atoms with Gasteiger partial charge in [0.1, 0.15) is 11.4 Å². The van der Waals surface area contributed by atoms with Crippen molar-refractivity contribution in [1.82, 2.24) is 10.3 Å². The molecule has 1 heterocycles. The molecule has 3 rings (SSSR count). The molecule has 0 spiro atoms. The fourth-order valence-electron chi connectivity index (χ4n) is 3.44. The Morgan fingerprint density at radius 3 is 2.52 bits per heavy atom. The predicted molar refractivity (Wildman–Crippen MR) is 99.1 cm³/mol. The summed E-state index contributed by atoms with van der Waals surface area (Å²) in [4.78, 5) is 17.0. The second kappa shape index (κ2) is 8.15. The number of hydrogen-bond acceptors (Lipinski definition) is 3. The molecule has 132 valence electrons. The molecule has 0 radical (unpaired) electrons. The molecule has 1 saturated carbocycles. The van der Waals surface area contributed by atoms with Crippen LogP contribution in [0.4, 0.5) is 0 Å². The van der Waals surface area contributed by atoms with E-state index < -0.39 is 0 Å². The van der Waals surface area contributed by atoms with Gasteiger partial charge in [-0.1, -0.05) is 31.4 Å². The summed E-state index contributed by atoms with van der Waals surface area (Å²) in [6.45, 7) is 1.94. The number of carbonyl (C=O) groups is 1. The van der Waals surface area contributed by atoms with Gasteiger partial charge >= 0.3 is 0 Å². The molecule has 0 saturated heterocycles. The monoisotopic (exact) mass is 338 g/mol. The van der Waals surface area contributed by atoms with Crippen molar-refractivity contribution in [1.29, 1.82) is 0 Å². The summed E-state index contributed by atoms with van der Waals surface area (Å²) in [5.74, 6) is 0.800.